The maximum Gasteiger partial charge on any atom is 0.222 e. The molecule has 0 spiro atoms. The topological polar surface area (TPSA) is 32.8 Å². The monoisotopic (exact) mass is 498 g/mol. The number of nitrogens with zero attached hydrogens (tertiary/aromatic N) is 2. The molecule has 3 saturated carbocycles. The molecule has 2 heterocycles. The Bertz CT molecular complexity index is 961. The van der Waals surface area contributed by atoms with Gasteiger partial charge in [0.15, 0.2) is 0 Å². The van der Waals surface area contributed by atoms with Crippen LogP contribution in [-0.2, 0) is 9.63 Å². The molecule has 3 aliphatic carbocycles. The van der Waals surface area contributed by atoms with Crippen molar-refractivity contribution in [2.45, 2.75) is 70.9 Å². The molecule has 6 rings (SSSR count). The maximum absolute atomic E-state index is 12.4. The quantitative estimate of drug-likeness (QED) is 0.447. The highest BCUT2D eigenvalue weighted by molar-refractivity contribution is 9.10. The fourth-order valence-corrected chi connectivity index (χ4v) is 8.87. The fourth-order valence-electron chi connectivity index (χ4n) is 8.61. The smallest absolute Gasteiger partial charge is 0.222 e. The van der Waals surface area contributed by atoms with Gasteiger partial charge in [-0.1, -0.05) is 35.9 Å². The van der Waals surface area contributed by atoms with E-state index in [0.29, 0.717) is 17.9 Å². The van der Waals surface area contributed by atoms with Crippen molar-refractivity contribution in [3.05, 3.63) is 40.4 Å². The van der Waals surface area contributed by atoms with Gasteiger partial charge in [-0.25, -0.2) is 5.06 Å². The summed E-state index contributed by atoms with van der Waals surface area (Å²) in [4.78, 5) is 21.2. The number of hydrogen-bond acceptors (Lipinski definition) is 3. The van der Waals surface area contributed by atoms with Gasteiger partial charge in [0.2, 0.25) is 5.91 Å². The van der Waals surface area contributed by atoms with E-state index in [4.69, 9.17) is 4.84 Å². The van der Waals surface area contributed by atoms with E-state index < -0.39 is 0 Å². The van der Waals surface area contributed by atoms with Gasteiger partial charge in [0.05, 0.1) is 12.2 Å². The van der Waals surface area contributed by atoms with Gasteiger partial charge < -0.3 is 4.90 Å². The number of halogens is 1. The molecule has 0 radical (unpaired) electrons. The number of fused-ring (bicyclic) bond motifs is 7. The summed E-state index contributed by atoms with van der Waals surface area (Å²) in [7, 11) is 2.05. The molecule has 1 aromatic rings. The third-order valence-electron chi connectivity index (χ3n) is 10.3. The largest absolute Gasteiger partial charge is 0.342 e. The second kappa shape index (κ2) is 7.33. The number of piperidine rings is 1. The minimum atomic E-state index is 0.210. The van der Waals surface area contributed by atoms with E-state index in [1.807, 2.05) is 0 Å². The van der Waals surface area contributed by atoms with E-state index in [0.717, 1.165) is 47.8 Å². The Hall–Kier alpha value is -1.33. The first kappa shape index (κ1) is 21.2. The van der Waals surface area contributed by atoms with E-state index in [1.165, 1.54) is 25.7 Å². The zero-order valence-electron chi connectivity index (χ0n) is 19.5. The number of carbonyl (C=O) groups excluding carboxylic acids is 1. The van der Waals surface area contributed by atoms with Crippen LogP contribution in [0.4, 0.5) is 5.69 Å². The van der Waals surface area contributed by atoms with E-state index in [-0.39, 0.29) is 16.9 Å². The number of likely N-dealkylation sites (tertiary alicyclic amines) is 1. The summed E-state index contributed by atoms with van der Waals surface area (Å²) in [5.74, 6) is 2.54. The molecule has 4 fully saturated rings. The molecule has 5 heteroatoms. The molecule has 0 N–H and O–H groups in total. The van der Waals surface area contributed by atoms with E-state index in [1.54, 1.807) is 5.57 Å². The van der Waals surface area contributed by atoms with Crippen LogP contribution in [0.3, 0.4) is 0 Å². The Morgan fingerprint density at radius 1 is 1.06 bits per heavy atom. The Morgan fingerprint density at radius 2 is 1.84 bits per heavy atom. The molecule has 5 aliphatic rings. The first-order valence-electron chi connectivity index (χ1n) is 12.5. The minimum Gasteiger partial charge on any atom is -0.342 e. The third kappa shape index (κ3) is 2.92. The van der Waals surface area contributed by atoms with Crippen molar-refractivity contribution >= 4 is 27.5 Å². The summed E-state index contributed by atoms with van der Waals surface area (Å²) < 4.78 is 1.10. The molecular weight excluding hydrogens is 464 g/mol. The predicted octanol–water partition coefficient (Wildman–Crippen LogP) is 5.97. The van der Waals surface area contributed by atoms with Crippen LogP contribution >= 0.6 is 15.9 Å². The highest BCUT2D eigenvalue weighted by Gasteiger charge is 2.62. The Morgan fingerprint density at radius 3 is 2.62 bits per heavy atom. The zero-order chi connectivity index (χ0) is 22.3. The van der Waals surface area contributed by atoms with Gasteiger partial charge in [-0.05, 0) is 96.9 Å². The van der Waals surface area contributed by atoms with Crippen LogP contribution in [0.15, 0.2) is 40.4 Å². The van der Waals surface area contributed by atoms with Crippen molar-refractivity contribution < 1.29 is 9.63 Å². The molecule has 1 saturated heterocycles. The van der Waals surface area contributed by atoms with Gasteiger partial charge in [-0.15, -0.1) is 0 Å². The molecule has 4 nitrogen and oxygen atoms in total. The summed E-state index contributed by atoms with van der Waals surface area (Å²) in [6.45, 7) is 5.87. The van der Waals surface area contributed by atoms with Crippen LogP contribution in [0.5, 0.6) is 0 Å². The lowest BCUT2D eigenvalue weighted by Gasteiger charge is -2.61. The Balaban J connectivity index is 1.26. The second-order valence-corrected chi connectivity index (χ2v) is 12.4. The van der Waals surface area contributed by atoms with Gasteiger partial charge in [0.25, 0.3) is 0 Å². The summed E-state index contributed by atoms with van der Waals surface area (Å²) in [5, 5.41) is 2.08. The third-order valence-corrected chi connectivity index (χ3v) is 10.8. The first-order chi connectivity index (χ1) is 15.3. The van der Waals surface area contributed by atoms with E-state index in [9.17, 15) is 4.79 Å². The Labute approximate surface area is 200 Å². The average molecular weight is 499 g/mol. The van der Waals surface area contributed by atoms with Crippen molar-refractivity contribution in [3.8, 4) is 0 Å². The normalized spacial score (nSPS) is 43.2. The summed E-state index contributed by atoms with van der Waals surface area (Å²) in [5.41, 5.74) is 3.25. The molecule has 172 valence electrons. The molecular formula is C27H35BrN2O2. The van der Waals surface area contributed by atoms with E-state index in [2.05, 4.69) is 77.1 Å². The van der Waals surface area contributed by atoms with Crippen LogP contribution in [0.2, 0.25) is 0 Å². The van der Waals surface area contributed by atoms with E-state index >= 15 is 0 Å². The highest BCUT2D eigenvalue weighted by Crippen LogP contribution is 2.66. The average Bonchev–Trinajstić information content (AvgIpc) is 3.09. The number of anilines is 1. The standard InChI is InChI=1S/C27H35BrN2O2/c1-26-13-10-20-19(8-9-24-27(20,2)14-11-25(31)29(24)3)22(26)16-23-21(26)12-15-30(32-23)18-6-4-17(28)5-7-18/h4-7,12,19-20,22-24H,8-11,13-16H2,1-3H3/t19-,20+,22+,23+,24?,26-,27-/m1/s1. The predicted molar refractivity (Wildman–Crippen MR) is 130 cm³/mol. The number of hydrogen-bond donors (Lipinski definition) is 0. The first-order valence-corrected chi connectivity index (χ1v) is 13.3. The SMILES string of the molecule is CN1C(=O)CC[C@@]2(C)C1CC[C@@H]1[C@@H]2CC[C@]2(C)C3=CCN(c4ccc(Br)cc4)O[C@H]3C[C@@H]12. The molecule has 7 atom stereocenters. The highest BCUT2D eigenvalue weighted by atomic mass is 79.9. The molecule has 32 heavy (non-hydrogen) atoms. The maximum atomic E-state index is 12.4. The number of hydroxylamine groups is 1. The molecule has 0 bridgehead atoms. The molecule has 1 unspecified atom stereocenters. The van der Waals surface area contributed by atoms with Crippen molar-refractivity contribution in [1.29, 1.82) is 0 Å². The zero-order valence-corrected chi connectivity index (χ0v) is 21.1. The summed E-state index contributed by atoms with van der Waals surface area (Å²) >= 11 is 3.54. The summed E-state index contributed by atoms with van der Waals surface area (Å²) in [6.07, 6.45) is 10.6. The molecule has 1 aromatic carbocycles. The Kier molecular flexibility index (Phi) is 4.86. The number of carbonyl (C=O) groups is 1. The fraction of sp³-hybridized carbons (Fsp3) is 0.667. The number of rotatable bonds is 1. The van der Waals surface area contributed by atoms with Gasteiger partial charge in [-0.3, -0.25) is 9.63 Å². The van der Waals surface area contributed by atoms with Crippen LogP contribution in [-0.4, -0.2) is 36.5 Å². The number of amides is 1. The van der Waals surface area contributed by atoms with Gasteiger partial charge in [0, 0.05) is 24.0 Å². The van der Waals surface area contributed by atoms with Crippen LogP contribution in [0.25, 0.3) is 0 Å². The number of benzene rings is 1. The lowest BCUT2D eigenvalue weighted by Crippen LogP contribution is -2.61. The molecule has 1 amide bonds. The lowest BCUT2D eigenvalue weighted by molar-refractivity contribution is -0.156. The van der Waals surface area contributed by atoms with Crippen molar-refractivity contribution in [3.63, 3.8) is 0 Å². The van der Waals surface area contributed by atoms with Gasteiger partial charge in [0.1, 0.15) is 6.10 Å². The van der Waals surface area contributed by atoms with Crippen LogP contribution < -0.4 is 5.06 Å². The van der Waals surface area contributed by atoms with Crippen molar-refractivity contribution in [2.24, 2.45) is 28.6 Å². The summed E-state index contributed by atoms with van der Waals surface area (Å²) in [6, 6.07) is 8.87. The van der Waals surface area contributed by atoms with Crippen molar-refractivity contribution in [2.75, 3.05) is 18.7 Å². The van der Waals surface area contributed by atoms with Crippen LogP contribution in [0.1, 0.15) is 58.8 Å². The molecule has 0 aromatic heterocycles. The minimum absolute atomic E-state index is 0.210. The van der Waals surface area contributed by atoms with Gasteiger partial charge >= 0.3 is 0 Å². The molecule has 2 aliphatic heterocycles. The lowest BCUT2D eigenvalue weighted by atomic mass is 9.47. The second-order valence-electron chi connectivity index (χ2n) is 11.5. The van der Waals surface area contributed by atoms with Crippen LogP contribution in [0, 0.1) is 28.6 Å². The van der Waals surface area contributed by atoms with Crippen molar-refractivity contribution in [1.82, 2.24) is 4.90 Å². The van der Waals surface area contributed by atoms with Gasteiger partial charge in [-0.2, -0.15) is 0 Å².